The van der Waals surface area contributed by atoms with Crippen molar-refractivity contribution in [1.82, 2.24) is 4.98 Å². The Balaban J connectivity index is 2.43. The van der Waals surface area contributed by atoms with E-state index in [4.69, 9.17) is 11.6 Å². The third-order valence-corrected chi connectivity index (χ3v) is 2.40. The van der Waals surface area contributed by atoms with Gasteiger partial charge in [-0.1, -0.05) is 11.6 Å². The molecule has 1 aromatic rings. The van der Waals surface area contributed by atoms with Crippen LogP contribution in [-0.2, 0) is 12.8 Å². The Kier molecular flexibility index (Phi) is 1.82. The van der Waals surface area contributed by atoms with E-state index in [1.54, 1.807) is 0 Å². The SMILES string of the molecule is Clc1cc2c(cn1)CCCC2. The molecule has 0 bridgehead atoms. The molecule has 2 rings (SSSR count). The van der Waals surface area contributed by atoms with Gasteiger partial charge in [0.2, 0.25) is 0 Å². The molecule has 0 saturated carbocycles. The van der Waals surface area contributed by atoms with E-state index in [1.807, 2.05) is 12.3 Å². The van der Waals surface area contributed by atoms with Crippen LogP contribution in [0, 0.1) is 0 Å². The number of hydrogen-bond donors (Lipinski definition) is 0. The number of aromatic nitrogens is 1. The second-order valence-corrected chi connectivity index (χ2v) is 3.37. The van der Waals surface area contributed by atoms with Crippen molar-refractivity contribution >= 4 is 11.6 Å². The smallest absolute Gasteiger partial charge is 0.129 e. The number of aryl methyl sites for hydroxylation is 2. The van der Waals surface area contributed by atoms with Crippen molar-refractivity contribution in [2.75, 3.05) is 0 Å². The lowest BCUT2D eigenvalue weighted by molar-refractivity contribution is 0.682. The third kappa shape index (κ3) is 1.38. The average molecular weight is 168 g/mol. The van der Waals surface area contributed by atoms with E-state index in [-0.39, 0.29) is 0 Å². The van der Waals surface area contributed by atoms with E-state index in [0.717, 1.165) is 0 Å². The number of fused-ring (bicyclic) bond motifs is 1. The lowest BCUT2D eigenvalue weighted by Crippen LogP contribution is -2.02. The highest BCUT2D eigenvalue weighted by atomic mass is 35.5. The normalized spacial score (nSPS) is 16.1. The predicted octanol–water partition coefficient (Wildman–Crippen LogP) is 2.61. The summed E-state index contributed by atoms with van der Waals surface area (Å²) < 4.78 is 0. The van der Waals surface area contributed by atoms with Crippen LogP contribution in [0.3, 0.4) is 0 Å². The highest BCUT2D eigenvalue weighted by Gasteiger charge is 2.08. The van der Waals surface area contributed by atoms with Crippen LogP contribution in [0.25, 0.3) is 0 Å². The van der Waals surface area contributed by atoms with Crippen LogP contribution in [0.4, 0.5) is 0 Å². The topological polar surface area (TPSA) is 12.9 Å². The molecule has 1 nitrogen and oxygen atoms in total. The van der Waals surface area contributed by atoms with Crippen LogP contribution in [-0.4, -0.2) is 4.98 Å². The first-order chi connectivity index (χ1) is 5.36. The van der Waals surface area contributed by atoms with E-state index in [9.17, 15) is 0 Å². The summed E-state index contributed by atoms with van der Waals surface area (Å²) in [7, 11) is 0. The van der Waals surface area contributed by atoms with Gasteiger partial charge in [0.15, 0.2) is 0 Å². The van der Waals surface area contributed by atoms with Gasteiger partial charge >= 0.3 is 0 Å². The first-order valence-electron chi connectivity index (χ1n) is 3.99. The number of rotatable bonds is 0. The molecule has 58 valence electrons. The molecule has 0 aliphatic heterocycles. The van der Waals surface area contributed by atoms with Crippen molar-refractivity contribution in [3.8, 4) is 0 Å². The maximum Gasteiger partial charge on any atom is 0.129 e. The largest absolute Gasteiger partial charge is 0.244 e. The van der Waals surface area contributed by atoms with Gasteiger partial charge in [0.05, 0.1) is 0 Å². The first-order valence-corrected chi connectivity index (χ1v) is 4.37. The molecule has 1 aromatic heterocycles. The molecule has 11 heavy (non-hydrogen) atoms. The molecular weight excluding hydrogens is 158 g/mol. The zero-order valence-electron chi connectivity index (χ0n) is 6.31. The molecule has 1 aliphatic rings. The fraction of sp³-hybridized carbons (Fsp3) is 0.444. The van der Waals surface area contributed by atoms with Crippen molar-refractivity contribution in [2.24, 2.45) is 0 Å². The minimum atomic E-state index is 0.630. The number of hydrogen-bond acceptors (Lipinski definition) is 1. The monoisotopic (exact) mass is 167 g/mol. The highest BCUT2D eigenvalue weighted by Crippen LogP contribution is 2.21. The van der Waals surface area contributed by atoms with Crippen molar-refractivity contribution in [1.29, 1.82) is 0 Å². The molecule has 2 heteroatoms. The Hall–Kier alpha value is -0.560. The molecular formula is C9H10ClN. The molecule has 0 saturated heterocycles. The molecule has 0 spiro atoms. The lowest BCUT2D eigenvalue weighted by Gasteiger charge is -2.14. The summed E-state index contributed by atoms with van der Waals surface area (Å²) in [6, 6.07) is 2.00. The molecule has 0 aromatic carbocycles. The van der Waals surface area contributed by atoms with Crippen LogP contribution in [0.2, 0.25) is 5.15 Å². The maximum atomic E-state index is 5.77. The van der Waals surface area contributed by atoms with Gasteiger partial charge in [-0.15, -0.1) is 0 Å². The maximum absolute atomic E-state index is 5.77. The van der Waals surface area contributed by atoms with Crippen molar-refractivity contribution in [3.05, 3.63) is 28.5 Å². The lowest BCUT2D eigenvalue weighted by atomic mass is 9.94. The van der Waals surface area contributed by atoms with Gasteiger partial charge in [-0.25, -0.2) is 4.98 Å². The van der Waals surface area contributed by atoms with Crippen LogP contribution < -0.4 is 0 Å². The molecule has 1 heterocycles. The predicted molar refractivity (Wildman–Crippen MR) is 45.9 cm³/mol. The summed E-state index contributed by atoms with van der Waals surface area (Å²) in [5.41, 5.74) is 2.79. The minimum Gasteiger partial charge on any atom is -0.244 e. The molecule has 0 atom stereocenters. The van der Waals surface area contributed by atoms with Crippen LogP contribution in [0.15, 0.2) is 12.3 Å². The van der Waals surface area contributed by atoms with Gasteiger partial charge in [0.25, 0.3) is 0 Å². The Labute approximate surface area is 71.4 Å². The van der Waals surface area contributed by atoms with Crippen LogP contribution in [0.5, 0.6) is 0 Å². The summed E-state index contributed by atoms with van der Waals surface area (Å²) in [5, 5.41) is 0.630. The summed E-state index contributed by atoms with van der Waals surface area (Å²) >= 11 is 5.77. The van der Waals surface area contributed by atoms with Crippen molar-refractivity contribution in [3.63, 3.8) is 0 Å². The summed E-state index contributed by atoms with van der Waals surface area (Å²) in [6.45, 7) is 0. The summed E-state index contributed by atoms with van der Waals surface area (Å²) in [4.78, 5) is 4.06. The molecule has 0 radical (unpaired) electrons. The molecule has 0 N–H and O–H groups in total. The zero-order chi connectivity index (χ0) is 7.68. The van der Waals surface area contributed by atoms with Crippen LogP contribution in [0.1, 0.15) is 24.0 Å². The Morgan fingerprint density at radius 1 is 1.18 bits per heavy atom. The first kappa shape index (κ1) is 7.11. The Morgan fingerprint density at radius 2 is 1.91 bits per heavy atom. The van der Waals surface area contributed by atoms with Gasteiger partial charge in [0.1, 0.15) is 5.15 Å². The Bertz CT molecular complexity index is 270. The number of halogens is 1. The molecule has 1 aliphatic carbocycles. The number of pyridine rings is 1. The molecule has 0 amide bonds. The summed E-state index contributed by atoms with van der Waals surface area (Å²) in [6.07, 6.45) is 6.87. The standard InChI is InChI=1S/C9H10ClN/c10-9-5-7-3-1-2-4-8(7)6-11-9/h5-6H,1-4H2. The second kappa shape index (κ2) is 2.82. The van der Waals surface area contributed by atoms with Gasteiger partial charge in [0, 0.05) is 6.20 Å². The van der Waals surface area contributed by atoms with E-state index >= 15 is 0 Å². The van der Waals surface area contributed by atoms with Crippen LogP contribution >= 0.6 is 11.6 Å². The van der Waals surface area contributed by atoms with Gasteiger partial charge in [-0.05, 0) is 42.9 Å². The van der Waals surface area contributed by atoms with Gasteiger partial charge in [-0.3, -0.25) is 0 Å². The van der Waals surface area contributed by atoms with Gasteiger partial charge in [-0.2, -0.15) is 0 Å². The van der Waals surface area contributed by atoms with E-state index in [2.05, 4.69) is 4.98 Å². The van der Waals surface area contributed by atoms with E-state index in [0.29, 0.717) is 5.15 Å². The number of nitrogens with zero attached hydrogens (tertiary/aromatic N) is 1. The highest BCUT2D eigenvalue weighted by molar-refractivity contribution is 6.29. The van der Waals surface area contributed by atoms with Crippen molar-refractivity contribution < 1.29 is 0 Å². The van der Waals surface area contributed by atoms with E-state index in [1.165, 1.54) is 36.8 Å². The van der Waals surface area contributed by atoms with E-state index < -0.39 is 0 Å². The second-order valence-electron chi connectivity index (χ2n) is 2.98. The quantitative estimate of drug-likeness (QED) is 0.542. The molecule has 0 unspecified atom stereocenters. The van der Waals surface area contributed by atoms with Crippen molar-refractivity contribution in [2.45, 2.75) is 25.7 Å². The zero-order valence-corrected chi connectivity index (χ0v) is 7.06. The summed E-state index contributed by atoms with van der Waals surface area (Å²) in [5.74, 6) is 0. The third-order valence-electron chi connectivity index (χ3n) is 2.19. The Morgan fingerprint density at radius 3 is 2.73 bits per heavy atom. The average Bonchev–Trinajstić information content (AvgIpc) is 2.04. The fourth-order valence-corrected chi connectivity index (χ4v) is 1.77. The van der Waals surface area contributed by atoms with Gasteiger partial charge < -0.3 is 0 Å². The minimum absolute atomic E-state index is 0.630. The fourth-order valence-electron chi connectivity index (χ4n) is 1.58. The molecule has 0 fully saturated rings.